The van der Waals surface area contributed by atoms with Crippen LogP contribution in [-0.4, -0.2) is 30.3 Å². The number of hydrogen-bond acceptors (Lipinski definition) is 2. The zero-order valence-electron chi connectivity index (χ0n) is 15.7. The average molecular weight is 355 g/mol. The second-order valence-corrected chi connectivity index (χ2v) is 7.87. The van der Waals surface area contributed by atoms with Crippen LogP contribution in [-0.2, 0) is 0 Å². The van der Waals surface area contributed by atoms with E-state index in [0.29, 0.717) is 6.42 Å². The predicted octanol–water partition coefficient (Wildman–Crippen LogP) is 5.94. The fourth-order valence-corrected chi connectivity index (χ4v) is 4.83. The van der Waals surface area contributed by atoms with E-state index < -0.39 is 0 Å². The molecular weight excluding hydrogens is 330 g/mol. The molecule has 136 valence electrons. The molecule has 0 atom stereocenters. The zero-order valence-corrected chi connectivity index (χ0v) is 15.7. The van der Waals surface area contributed by atoms with Gasteiger partial charge in [-0.05, 0) is 66.4 Å². The molecule has 1 aliphatic heterocycles. The monoisotopic (exact) mass is 355 g/mol. The maximum absolute atomic E-state index is 13.1. The molecule has 0 unspecified atom stereocenters. The van der Waals surface area contributed by atoms with Crippen LogP contribution in [0.15, 0.2) is 54.6 Å². The minimum atomic E-state index is 0.287. The highest BCUT2D eigenvalue weighted by atomic mass is 16.1. The summed E-state index contributed by atoms with van der Waals surface area (Å²) >= 11 is 0. The molecule has 1 saturated heterocycles. The lowest BCUT2D eigenvalue weighted by Gasteiger charge is -2.26. The maximum Gasteiger partial charge on any atom is 0.163 e. The van der Waals surface area contributed by atoms with Crippen molar-refractivity contribution in [2.24, 2.45) is 0 Å². The maximum atomic E-state index is 13.1. The third-order valence-electron chi connectivity index (χ3n) is 6.16. The van der Waals surface area contributed by atoms with E-state index in [9.17, 15) is 4.79 Å². The fraction of sp³-hybridized carbons (Fsp3) is 0.320. The Bertz CT molecular complexity index is 1010. The number of benzene rings is 3. The highest BCUT2D eigenvalue weighted by Crippen LogP contribution is 2.48. The minimum absolute atomic E-state index is 0.287. The zero-order chi connectivity index (χ0) is 18.2. The van der Waals surface area contributed by atoms with Crippen molar-refractivity contribution in [2.75, 3.05) is 19.6 Å². The molecule has 0 bridgehead atoms. The van der Waals surface area contributed by atoms with E-state index in [2.05, 4.69) is 53.4 Å². The van der Waals surface area contributed by atoms with Crippen LogP contribution in [0.4, 0.5) is 0 Å². The number of carbonyl (C=O) groups excluding carboxylic acids is 1. The van der Waals surface area contributed by atoms with Crippen LogP contribution in [0.5, 0.6) is 0 Å². The molecule has 2 aliphatic rings. The van der Waals surface area contributed by atoms with Crippen molar-refractivity contribution < 1.29 is 4.79 Å². The SMILES string of the molecule is O=C(CCCN1CCCCC1)c1ccc2cccc3c2c1-c1ccccc1-3. The summed E-state index contributed by atoms with van der Waals surface area (Å²) in [6.45, 7) is 3.45. The molecule has 27 heavy (non-hydrogen) atoms. The van der Waals surface area contributed by atoms with E-state index >= 15 is 0 Å². The molecule has 5 rings (SSSR count). The Morgan fingerprint density at radius 1 is 0.815 bits per heavy atom. The van der Waals surface area contributed by atoms with Gasteiger partial charge in [-0.15, -0.1) is 0 Å². The first-order valence-electron chi connectivity index (χ1n) is 10.2. The van der Waals surface area contributed by atoms with Crippen molar-refractivity contribution in [3.8, 4) is 22.3 Å². The summed E-state index contributed by atoms with van der Waals surface area (Å²) in [6.07, 6.45) is 5.57. The quantitative estimate of drug-likeness (QED) is 0.413. The van der Waals surface area contributed by atoms with Crippen molar-refractivity contribution in [3.05, 3.63) is 60.2 Å². The topological polar surface area (TPSA) is 20.3 Å². The number of Topliss-reactive ketones (excluding diaryl/α,β-unsaturated/α-hetero) is 1. The summed E-state index contributed by atoms with van der Waals surface area (Å²) < 4.78 is 0. The van der Waals surface area contributed by atoms with Crippen LogP contribution < -0.4 is 0 Å². The number of piperidine rings is 1. The van der Waals surface area contributed by atoms with Crippen molar-refractivity contribution in [1.82, 2.24) is 4.90 Å². The van der Waals surface area contributed by atoms with Crippen molar-refractivity contribution in [1.29, 1.82) is 0 Å². The van der Waals surface area contributed by atoms with Crippen LogP contribution >= 0.6 is 0 Å². The first-order valence-corrected chi connectivity index (χ1v) is 10.2. The predicted molar refractivity (Wildman–Crippen MR) is 112 cm³/mol. The molecule has 0 saturated carbocycles. The Labute approximate surface area is 160 Å². The third-order valence-corrected chi connectivity index (χ3v) is 6.16. The molecule has 1 fully saturated rings. The fourth-order valence-electron chi connectivity index (χ4n) is 4.83. The second kappa shape index (κ2) is 6.94. The second-order valence-electron chi connectivity index (χ2n) is 7.87. The van der Waals surface area contributed by atoms with E-state index in [1.165, 1.54) is 59.8 Å². The molecule has 1 aliphatic carbocycles. The summed E-state index contributed by atoms with van der Waals surface area (Å²) in [7, 11) is 0. The highest BCUT2D eigenvalue weighted by Gasteiger charge is 2.25. The van der Waals surface area contributed by atoms with Crippen molar-refractivity contribution in [2.45, 2.75) is 32.1 Å². The van der Waals surface area contributed by atoms with E-state index in [1.807, 2.05) is 6.07 Å². The number of ketones is 1. The first kappa shape index (κ1) is 16.7. The minimum Gasteiger partial charge on any atom is -0.303 e. The average Bonchev–Trinajstić information content (AvgIpc) is 3.06. The van der Waals surface area contributed by atoms with Gasteiger partial charge in [0.1, 0.15) is 0 Å². The van der Waals surface area contributed by atoms with Gasteiger partial charge in [-0.2, -0.15) is 0 Å². The van der Waals surface area contributed by atoms with Crippen molar-refractivity contribution in [3.63, 3.8) is 0 Å². The van der Waals surface area contributed by atoms with Gasteiger partial charge in [0.05, 0.1) is 0 Å². The van der Waals surface area contributed by atoms with Crippen LogP contribution in [0, 0.1) is 0 Å². The van der Waals surface area contributed by atoms with E-state index in [1.54, 1.807) is 0 Å². The van der Waals surface area contributed by atoms with Crippen molar-refractivity contribution >= 4 is 16.6 Å². The van der Waals surface area contributed by atoms with Gasteiger partial charge in [0.15, 0.2) is 5.78 Å². The molecule has 0 spiro atoms. The first-order chi connectivity index (χ1) is 13.3. The smallest absolute Gasteiger partial charge is 0.163 e. The lowest BCUT2D eigenvalue weighted by molar-refractivity contribution is 0.0973. The van der Waals surface area contributed by atoms with Gasteiger partial charge < -0.3 is 4.90 Å². The van der Waals surface area contributed by atoms with Gasteiger partial charge in [0.25, 0.3) is 0 Å². The number of likely N-dealkylation sites (tertiary alicyclic amines) is 1. The summed E-state index contributed by atoms with van der Waals surface area (Å²) in [5.41, 5.74) is 5.79. The lowest BCUT2D eigenvalue weighted by atomic mass is 9.93. The molecule has 1 heterocycles. The Kier molecular flexibility index (Phi) is 4.29. The van der Waals surface area contributed by atoms with Gasteiger partial charge >= 0.3 is 0 Å². The lowest BCUT2D eigenvalue weighted by Crippen LogP contribution is -2.30. The van der Waals surface area contributed by atoms with E-state index in [4.69, 9.17) is 0 Å². The van der Waals surface area contributed by atoms with Gasteiger partial charge in [0.2, 0.25) is 0 Å². The molecular formula is C25H25NO. The van der Waals surface area contributed by atoms with Crippen LogP contribution in [0.25, 0.3) is 33.0 Å². The standard InChI is InChI=1S/C25H25NO/c27-23(12-7-17-26-15-4-1-5-16-26)22-14-13-18-8-6-11-20-19-9-2-3-10-21(19)25(22)24(18)20/h2-3,6,8-11,13-14H,1,4-5,7,12,15-17H2. The molecule has 0 N–H and O–H groups in total. The molecule has 2 heteroatoms. The molecule has 0 radical (unpaired) electrons. The Morgan fingerprint density at radius 2 is 1.59 bits per heavy atom. The normalized spacial score (nSPS) is 15.9. The van der Waals surface area contributed by atoms with E-state index in [0.717, 1.165) is 24.1 Å². The summed E-state index contributed by atoms with van der Waals surface area (Å²) in [4.78, 5) is 15.6. The number of hydrogen-bond donors (Lipinski definition) is 0. The summed E-state index contributed by atoms with van der Waals surface area (Å²) in [6, 6.07) is 19.1. The Hall–Kier alpha value is -2.45. The van der Waals surface area contributed by atoms with E-state index in [-0.39, 0.29) is 5.78 Å². The number of carbonyl (C=O) groups is 1. The molecule has 2 nitrogen and oxygen atoms in total. The molecule has 3 aromatic rings. The summed E-state index contributed by atoms with van der Waals surface area (Å²) in [5.74, 6) is 0.287. The van der Waals surface area contributed by atoms with Crippen LogP contribution in [0.1, 0.15) is 42.5 Å². The van der Waals surface area contributed by atoms with Crippen LogP contribution in [0.3, 0.4) is 0 Å². The number of rotatable bonds is 5. The van der Waals surface area contributed by atoms with Crippen LogP contribution in [0.2, 0.25) is 0 Å². The Morgan fingerprint density at radius 3 is 2.44 bits per heavy atom. The van der Waals surface area contributed by atoms with Gasteiger partial charge in [-0.25, -0.2) is 0 Å². The third kappa shape index (κ3) is 2.89. The summed E-state index contributed by atoms with van der Waals surface area (Å²) in [5, 5.41) is 2.48. The molecule has 3 aromatic carbocycles. The number of nitrogens with zero attached hydrogens (tertiary/aromatic N) is 1. The largest absolute Gasteiger partial charge is 0.303 e. The number of fused-ring (bicyclic) bond motifs is 3. The van der Waals surface area contributed by atoms with Gasteiger partial charge in [-0.3, -0.25) is 4.79 Å². The van der Waals surface area contributed by atoms with Gasteiger partial charge in [-0.1, -0.05) is 61.0 Å². The highest BCUT2D eigenvalue weighted by molar-refractivity contribution is 6.21. The molecule has 0 amide bonds. The van der Waals surface area contributed by atoms with Gasteiger partial charge in [0, 0.05) is 17.5 Å². The Balaban J connectivity index is 1.45. The molecule has 0 aromatic heterocycles.